The molecule has 0 unspecified atom stereocenters. The molecule has 3 heteroatoms. The molecule has 0 aliphatic carbocycles. The molecule has 1 aliphatic heterocycles. The topological polar surface area (TPSA) is 28.1 Å². The lowest BCUT2D eigenvalue weighted by Gasteiger charge is -2.08. The standard InChI is InChI=1S/C15H11BrN2/c16-12-7-5-11(6-8-12)15(13-3-1-9-17-13)14-4-2-10-18-14/h1-10,17H. The monoisotopic (exact) mass is 298 g/mol. The Kier molecular flexibility index (Phi) is 2.99. The van der Waals surface area contributed by atoms with Gasteiger partial charge in [0.05, 0.1) is 5.70 Å². The third kappa shape index (κ3) is 2.09. The highest BCUT2D eigenvalue weighted by atomic mass is 79.9. The molecule has 0 atom stereocenters. The van der Waals surface area contributed by atoms with Crippen molar-refractivity contribution in [3.63, 3.8) is 0 Å². The Labute approximate surface area is 114 Å². The van der Waals surface area contributed by atoms with Crippen LogP contribution in [0.5, 0.6) is 0 Å². The first-order valence-corrected chi connectivity index (χ1v) is 6.48. The van der Waals surface area contributed by atoms with Crippen molar-refractivity contribution in [2.45, 2.75) is 0 Å². The second-order valence-corrected chi connectivity index (χ2v) is 4.90. The molecule has 1 aromatic carbocycles. The molecule has 0 amide bonds. The first-order chi connectivity index (χ1) is 8.84. The van der Waals surface area contributed by atoms with Crippen LogP contribution in [0.15, 0.2) is 69.9 Å². The number of nitrogens with one attached hydrogen (secondary N) is 1. The molecular weight excluding hydrogens is 288 g/mol. The van der Waals surface area contributed by atoms with Gasteiger partial charge >= 0.3 is 0 Å². The summed E-state index contributed by atoms with van der Waals surface area (Å²) in [6, 6.07) is 12.3. The Balaban J connectivity index is 2.18. The summed E-state index contributed by atoms with van der Waals surface area (Å²) >= 11 is 3.46. The summed E-state index contributed by atoms with van der Waals surface area (Å²) in [5.41, 5.74) is 4.34. The lowest BCUT2D eigenvalue weighted by Crippen LogP contribution is -1.91. The summed E-state index contributed by atoms with van der Waals surface area (Å²) in [6.07, 6.45) is 7.73. The summed E-state index contributed by atoms with van der Waals surface area (Å²) in [4.78, 5) is 7.65. The zero-order valence-corrected chi connectivity index (χ0v) is 11.2. The number of aliphatic imine (C=N–C) groups is 1. The Hall–Kier alpha value is -1.87. The molecule has 2 heterocycles. The van der Waals surface area contributed by atoms with Crippen LogP contribution in [0.1, 0.15) is 11.3 Å². The minimum absolute atomic E-state index is 0.986. The molecule has 2 nitrogen and oxygen atoms in total. The quantitative estimate of drug-likeness (QED) is 0.862. The SMILES string of the molecule is Brc1ccc(C(=C2C=CC=N2)c2ccc[nH]2)cc1. The molecule has 0 bridgehead atoms. The van der Waals surface area contributed by atoms with Crippen molar-refractivity contribution in [1.29, 1.82) is 0 Å². The van der Waals surface area contributed by atoms with Crippen LogP contribution >= 0.6 is 15.9 Å². The Bertz CT molecular complexity index is 618. The largest absolute Gasteiger partial charge is 0.361 e. The van der Waals surface area contributed by atoms with Gasteiger partial charge in [0, 0.05) is 28.2 Å². The minimum atomic E-state index is 0.986. The van der Waals surface area contributed by atoms with Gasteiger partial charge < -0.3 is 4.98 Å². The highest BCUT2D eigenvalue weighted by Gasteiger charge is 2.11. The Morgan fingerprint density at radius 2 is 1.94 bits per heavy atom. The van der Waals surface area contributed by atoms with E-state index in [2.05, 4.69) is 44.1 Å². The van der Waals surface area contributed by atoms with Crippen LogP contribution in [0.3, 0.4) is 0 Å². The smallest absolute Gasteiger partial charge is 0.0729 e. The summed E-state index contributed by atoms with van der Waals surface area (Å²) in [5.74, 6) is 0. The van der Waals surface area contributed by atoms with Gasteiger partial charge in [0.15, 0.2) is 0 Å². The van der Waals surface area contributed by atoms with Crippen LogP contribution in [-0.2, 0) is 0 Å². The number of benzene rings is 1. The van der Waals surface area contributed by atoms with E-state index in [9.17, 15) is 0 Å². The number of hydrogen-bond donors (Lipinski definition) is 1. The second-order valence-electron chi connectivity index (χ2n) is 3.99. The summed E-state index contributed by atoms with van der Waals surface area (Å²) < 4.78 is 1.08. The van der Waals surface area contributed by atoms with Crippen molar-refractivity contribution >= 4 is 27.7 Å². The molecule has 0 spiro atoms. The van der Waals surface area contributed by atoms with Gasteiger partial charge in [0.2, 0.25) is 0 Å². The number of rotatable bonds is 2. The van der Waals surface area contributed by atoms with Crippen LogP contribution in [0, 0.1) is 0 Å². The lowest BCUT2D eigenvalue weighted by molar-refractivity contribution is 1.32. The number of aromatic nitrogens is 1. The maximum atomic E-state index is 4.40. The van der Waals surface area contributed by atoms with Crippen molar-refractivity contribution < 1.29 is 0 Å². The fraction of sp³-hybridized carbons (Fsp3) is 0. The molecule has 18 heavy (non-hydrogen) atoms. The summed E-state index contributed by atoms with van der Waals surface area (Å²) in [6.45, 7) is 0. The molecule has 2 aromatic rings. The molecule has 0 saturated carbocycles. The van der Waals surface area contributed by atoms with E-state index in [1.165, 1.54) is 0 Å². The van der Waals surface area contributed by atoms with E-state index in [1.807, 2.05) is 42.8 Å². The molecule has 88 valence electrons. The van der Waals surface area contributed by atoms with Crippen molar-refractivity contribution in [2.75, 3.05) is 0 Å². The van der Waals surface area contributed by atoms with Crippen molar-refractivity contribution in [3.05, 3.63) is 76.2 Å². The van der Waals surface area contributed by atoms with Gasteiger partial charge in [-0.15, -0.1) is 0 Å². The molecule has 0 saturated heterocycles. The lowest BCUT2D eigenvalue weighted by atomic mass is 10.0. The molecule has 1 aliphatic rings. The fourth-order valence-corrected chi connectivity index (χ4v) is 2.26. The first-order valence-electron chi connectivity index (χ1n) is 5.69. The second kappa shape index (κ2) is 4.78. The Morgan fingerprint density at radius 1 is 1.11 bits per heavy atom. The third-order valence-electron chi connectivity index (χ3n) is 2.81. The van der Waals surface area contributed by atoms with Gasteiger partial charge in [-0.25, -0.2) is 0 Å². The van der Waals surface area contributed by atoms with Crippen molar-refractivity contribution in [3.8, 4) is 0 Å². The highest BCUT2D eigenvalue weighted by Crippen LogP contribution is 2.29. The zero-order chi connectivity index (χ0) is 12.4. The van der Waals surface area contributed by atoms with E-state index in [-0.39, 0.29) is 0 Å². The molecule has 3 rings (SSSR count). The first kappa shape index (κ1) is 11.2. The number of aromatic amines is 1. The van der Waals surface area contributed by atoms with Crippen LogP contribution in [0.25, 0.3) is 5.57 Å². The van der Waals surface area contributed by atoms with E-state index < -0.39 is 0 Å². The van der Waals surface area contributed by atoms with Crippen LogP contribution in [0.2, 0.25) is 0 Å². The minimum Gasteiger partial charge on any atom is -0.361 e. The predicted octanol–water partition coefficient (Wildman–Crippen LogP) is 4.18. The number of H-pyrrole nitrogens is 1. The number of nitrogens with zero attached hydrogens (tertiary/aromatic N) is 1. The van der Waals surface area contributed by atoms with Gasteiger partial charge in [0.1, 0.15) is 0 Å². The van der Waals surface area contributed by atoms with Crippen molar-refractivity contribution in [1.82, 2.24) is 4.98 Å². The van der Waals surface area contributed by atoms with Crippen LogP contribution in [-0.4, -0.2) is 11.2 Å². The van der Waals surface area contributed by atoms with E-state index in [0.29, 0.717) is 0 Å². The average Bonchev–Trinajstić information content (AvgIpc) is 3.06. The Morgan fingerprint density at radius 3 is 2.56 bits per heavy atom. The van der Waals surface area contributed by atoms with E-state index in [1.54, 1.807) is 0 Å². The van der Waals surface area contributed by atoms with Gasteiger partial charge in [-0.1, -0.05) is 28.1 Å². The summed E-state index contributed by atoms with van der Waals surface area (Å²) in [5, 5.41) is 0. The average molecular weight is 299 g/mol. The zero-order valence-electron chi connectivity index (χ0n) is 9.60. The summed E-state index contributed by atoms with van der Waals surface area (Å²) in [7, 11) is 0. The molecule has 0 fully saturated rings. The number of allylic oxidation sites excluding steroid dienone is 2. The van der Waals surface area contributed by atoms with Gasteiger partial charge in [-0.3, -0.25) is 4.99 Å². The van der Waals surface area contributed by atoms with E-state index >= 15 is 0 Å². The molecule has 1 N–H and O–H groups in total. The maximum absolute atomic E-state index is 4.40. The molecular formula is C15H11BrN2. The predicted molar refractivity (Wildman–Crippen MR) is 78.6 cm³/mol. The molecule has 0 radical (unpaired) electrons. The molecule has 1 aromatic heterocycles. The highest BCUT2D eigenvalue weighted by molar-refractivity contribution is 9.10. The third-order valence-corrected chi connectivity index (χ3v) is 3.34. The normalized spacial score (nSPS) is 16.3. The van der Waals surface area contributed by atoms with Crippen LogP contribution < -0.4 is 0 Å². The van der Waals surface area contributed by atoms with Gasteiger partial charge in [0.25, 0.3) is 0 Å². The number of hydrogen-bond acceptors (Lipinski definition) is 1. The maximum Gasteiger partial charge on any atom is 0.0729 e. The fourth-order valence-electron chi connectivity index (χ4n) is 1.99. The number of halogens is 1. The van der Waals surface area contributed by atoms with E-state index in [4.69, 9.17) is 0 Å². The van der Waals surface area contributed by atoms with Crippen molar-refractivity contribution in [2.24, 2.45) is 4.99 Å². The van der Waals surface area contributed by atoms with Gasteiger partial charge in [-0.2, -0.15) is 0 Å². The van der Waals surface area contributed by atoms with Gasteiger partial charge in [-0.05, 0) is 42.0 Å². The van der Waals surface area contributed by atoms with Crippen LogP contribution in [0.4, 0.5) is 0 Å². The van der Waals surface area contributed by atoms with E-state index in [0.717, 1.165) is 27.0 Å².